The molecular weight excluding hydrogens is 550 g/mol. The van der Waals surface area contributed by atoms with E-state index in [-0.39, 0.29) is 19.1 Å². The topological polar surface area (TPSA) is 165 Å². The fourth-order valence-corrected chi connectivity index (χ4v) is 3.92. The van der Waals surface area contributed by atoms with Gasteiger partial charge in [-0.3, -0.25) is 4.79 Å². The van der Waals surface area contributed by atoms with Crippen molar-refractivity contribution in [1.29, 1.82) is 0 Å². The van der Waals surface area contributed by atoms with E-state index in [4.69, 9.17) is 28.5 Å². The zero-order valence-electron chi connectivity index (χ0n) is 24.8. The summed E-state index contributed by atoms with van der Waals surface area (Å²) in [6.07, 6.45) is 10.5. The Hall–Kier alpha value is -0.360. The van der Waals surface area contributed by atoms with Crippen LogP contribution in [0.3, 0.4) is 0 Å². The van der Waals surface area contributed by atoms with Gasteiger partial charge in [-0.2, -0.15) is 4.67 Å². The molecule has 5 N–H and O–H groups in total. The van der Waals surface area contributed by atoms with Crippen molar-refractivity contribution in [2.24, 2.45) is 0 Å². The SMILES string of the molecule is CNCCCOCC(O)COP(C)O.CO.COOP(C)OCCCCCCNC(=O)CCCCCCC=O. The Morgan fingerprint density at radius 2 is 1.56 bits per heavy atom. The lowest BCUT2D eigenvalue weighted by Crippen LogP contribution is -2.23. The van der Waals surface area contributed by atoms with Crippen LogP contribution < -0.4 is 10.6 Å². The third-order valence-electron chi connectivity index (χ3n) is 4.80. The Balaban J connectivity index is -0.000000692. The van der Waals surface area contributed by atoms with E-state index in [1.54, 1.807) is 6.66 Å². The van der Waals surface area contributed by atoms with Gasteiger partial charge in [-0.05, 0) is 45.7 Å². The summed E-state index contributed by atoms with van der Waals surface area (Å²) in [6, 6.07) is 0. The first kappa shape index (κ1) is 43.1. The first-order valence-corrected chi connectivity index (χ1v) is 16.8. The minimum absolute atomic E-state index is 0.130. The summed E-state index contributed by atoms with van der Waals surface area (Å²) >= 11 is 0. The number of carbonyl (C=O) groups is 2. The number of aliphatic hydroxyl groups excluding tert-OH is 2. The molecule has 0 saturated heterocycles. The van der Waals surface area contributed by atoms with Crippen molar-refractivity contribution in [3.8, 4) is 0 Å². The molecular formula is C25H56N2O10P2. The number of rotatable bonds is 26. The molecule has 236 valence electrons. The van der Waals surface area contributed by atoms with E-state index in [9.17, 15) is 14.7 Å². The first-order valence-electron chi connectivity index (χ1n) is 13.6. The molecule has 0 fully saturated rings. The molecule has 0 aromatic heterocycles. The number of hydrogen-bond donors (Lipinski definition) is 5. The van der Waals surface area contributed by atoms with E-state index in [1.165, 1.54) is 7.11 Å². The first-order chi connectivity index (χ1) is 18.9. The maximum atomic E-state index is 11.6. The van der Waals surface area contributed by atoms with E-state index in [2.05, 4.69) is 15.5 Å². The molecule has 0 bridgehead atoms. The van der Waals surface area contributed by atoms with Crippen LogP contribution in [-0.4, -0.2) is 108 Å². The van der Waals surface area contributed by atoms with Gasteiger partial charge in [0, 0.05) is 46.4 Å². The van der Waals surface area contributed by atoms with E-state index in [0.717, 1.165) is 84.3 Å². The molecule has 3 atom stereocenters. The van der Waals surface area contributed by atoms with Gasteiger partial charge >= 0.3 is 0 Å². The fourth-order valence-electron chi connectivity index (χ4n) is 2.90. The van der Waals surface area contributed by atoms with Crippen molar-refractivity contribution in [3.63, 3.8) is 0 Å². The lowest BCUT2D eigenvalue weighted by atomic mass is 10.1. The Bertz CT molecular complexity index is 498. The molecule has 0 aromatic carbocycles. The van der Waals surface area contributed by atoms with Gasteiger partial charge in [0.15, 0.2) is 8.38 Å². The second kappa shape index (κ2) is 37.6. The predicted octanol–water partition coefficient (Wildman–Crippen LogP) is 3.27. The fraction of sp³-hybridized carbons (Fsp3) is 0.920. The molecule has 0 spiro atoms. The third-order valence-corrected chi connectivity index (χ3v) is 6.23. The highest BCUT2D eigenvalue weighted by atomic mass is 31.2. The number of unbranched alkanes of at least 4 members (excludes halogenated alkanes) is 7. The molecule has 12 nitrogen and oxygen atoms in total. The number of hydrogen-bond acceptors (Lipinski definition) is 11. The van der Waals surface area contributed by atoms with Crippen LogP contribution in [0.15, 0.2) is 0 Å². The van der Waals surface area contributed by atoms with Gasteiger partial charge in [-0.15, -0.1) is 0 Å². The van der Waals surface area contributed by atoms with Crippen LogP contribution in [0, 0.1) is 0 Å². The maximum absolute atomic E-state index is 11.6. The number of nitrogens with one attached hydrogen (secondary N) is 2. The van der Waals surface area contributed by atoms with E-state index < -0.39 is 22.9 Å². The predicted molar refractivity (Wildman–Crippen MR) is 157 cm³/mol. The molecule has 0 saturated carbocycles. The average Bonchev–Trinajstić information content (AvgIpc) is 2.92. The zero-order valence-corrected chi connectivity index (χ0v) is 26.6. The van der Waals surface area contributed by atoms with E-state index in [1.807, 2.05) is 13.7 Å². The Kier molecular flexibility index (Phi) is 41.6. The zero-order chi connectivity index (χ0) is 30.0. The summed E-state index contributed by atoms with van der Waals surface area (Å²) < 4.78 is 20.3. The van der Waals surface area contributed by atoms with Crippen molar-refractivity contribution < 1.29 is 48.0 Å². The van der Waals surface area contributed by atoms with Crippen LogP contribution in [0.1, 0.15) is 70.6 Å². The van der Waals surface area contributed by atoms with Crippen LogP contribution in [0.2, 0.25) is 0 Å². The van der Waals surface area contributed by atoms with Crippen molar-refractivity contribution in [1.82, 2.24) is 10.6 Å². The van der Waals surface area contributed by atoms with Crippen LogP contribution >= 0.6 is 16.8 Å². The summed E-state index contributed by atoms with van der Waals surface area (Å²) in [7, 11) is 2.05. The van der Waals surface area contributed by atoms with Gasteiger partial charge in [0.1, 0.15) is 12.4 Å². The van der Waals surface area contributed by atoms with E-state index >= 15 is 0 Å². The maximum Gasteiger partial charge on any atom is 0.219 e. The number of amides is 1. The highest BCUT2D eigenvalue weighted by Crippen LogP contribution is 2.33. The molecule has 39 heavy (non-hydrogen) atoms. The Morgan fingerprint density at radius 3 is 2.21 bits per heavy atom. The van der Waals surface area contributed by atoms with Gasteiger partial charge in [-0.25, -0.2) is 4.89 Å². The van der Waals surface area contributed by atoms with Crippen LogP contribution in [0.4, 0.5) is 0 Å². The Labute approximate surface area is 238 Å². The molecule has 1 amide bonds. The number of aliphatic hydroxyl groups is 2. The Morgan fingerprint density at radius 1 is 0.897 bits per heavy atom. The highest BCUT2D eigenvalue weighted by molar-refractivity contribution is 7.46. The van der Waals surface area contributed by atoms with Crippen LogP contribution in [0.25, 0.3) is 0 Å². The van der Waals surface area contributed by atoms with Crippen LogP contribution in [0.5, 0.6) is 0 Å². The van der Waals surface area contributed by atoms with Crippen molar-refractivity contribution >= 4 is 28.9 Å². The molecule has 0 radical (unpaired) electrons. The molecule has 0 rings (SSSR count). The summed E-state index contributed by atoms with van der Waals surface area (Å²) in [5, 5.41) is 22.2. The molecule has 0 aliphatic carbocycles. The van der Waals surface area contributed by atoms with Gasteiger partial charge in [0.2, 0.25) is 14.3 Å². The summed E-state index contributed by atoms with van der Waals surface area (Å²) in [5.41, 5.74) is 0. The summed E-state index contributed by atoms with van der Waals surface area (Å²) in [5.74, 6) is 0.136. The van der Waals surface area contributed by atoms with Crippen molar-refractivity contribution in [2.45, 2.75) is 76.7 Å². The number of carbonyl (C=O) groups excluding carboxylic acids is 2. The lowest BCUT2D eigenvalue weighted by molar-refractivity contribution is -0.178. The van der Waals surface area contributed by atoms with Gasteiger partial charge < -0.3 is 44.3 Å². The highest BCUT2D eigenvalue weighted by Gasteiger charge is 2.06. The molecule has 0 aliphatic heterocycles. The van der Waals surface area contributed by atoms with Gasteiger partial charge in [0.25, 0.3) is 0 Å². The van der Waals surface area contributed by atoms with Crippen molar-refractivity contribution in [2.75, 3.05) is 74.1 Å². The number of aldehydes is 1. The standard InChI is InChI=1S/C16H32NO5P.C8H20NO4P.CH4O/c1-20-22-23(2)21-15-11-7-5-9-13-17-16(19)12-8-4-3-6-10-14-18;1-9-4-3-5-12-6-8(10)7-13-14(2)11;1-2/h14H,3-13,15H2,1-2H3,(H,17,19);8-11H,3-7H2,1-2H3;2H,1H3. The van der Waals surface area contributed by atoms with Gasteiger partial charge in [0.05, 0.1) is 26.9 Å². The van der Waals surface area contributed by atoms with Crippen LogP contribution in [-0.2, 0) is 32.9 Å². The second-order valence-corrected chi connectivity index (χ2v) is 10.8. The largest absolute Gasteiger partial charge is 0.400 e. The minimum Gasteiger partial charge on any atom is -0.400 e. The third kappa shape index (κ3) is 42.2. The van der Waals surface area contributed by atoms with Crippen molar-refractivity contribution in [3.05, 3.63) is 0 Å². The van der Waals surface area contributed by atoms with Gasteiger partial charge in [-0.1, -0.05) is 25.7 Å². The quantitative estimate of drug-likeness (QED) is 0.0323. The minimum atomic E-state index is -1.38. The molecule has 0 heterocycles. The molecule has 0 aromatic rings. The molecule has 0 aliphatic rings. The number of ether oxygens (including phenoxy) is 1. The smallest absolute Gasteiger partial charge is 0.219 e. The summed E-state index contributed by atoms with van der Waals surface area (Å²) in [4.78, 5) is 35.1. The molecule has 14 heteroatoms. The second-order valence-electron chi connectivity index (χ2n) is 8.34. The normalized spacial score (nSPS) is 12.8. The molecule has 3 unspecified atom stereocenters. The average molecular weight is 607 g/mol. The summed E-state index contributed by atoms with van der Waals surface area (Å²) in [6.45, 7) is 6.77. The monoisotopic (exact) mass is 606 g/mol. The lowest BCUT2D eigenvalue weighted by Gasteiger charge is -2.12. The van der Waals surface area contributed by atoms with E-state index in [0.29, 0.717) is 26.1 Å².